The highest BCUT2D eigenvalue weighted by molar-refractivity contribution is 7.99. The third-order valence-electron chi connectivity index (χ3n) is 2.83. The maximum absolute atomic E-state index is 9.29. The van der Waals surface area contributed by atoms with Crippen LogP contribution >= 0.6 is 11.8 Å². The molecule has 1 heterocycles. The van der Waals surface area contributed by atoms with Crippen LogP contribution in [0.1, 0.15) is 24.5 Å². The summed E-state index contributed by atoms with van der Waals surface area (Å²) in [5.74, 6) is 0. The van der Waals surface area contributed by atoms with E-state index in [4.69, 9.17) is 0 Å². The molecule has 104 valence electrons. The zero-order valence-corrected chi connectivity index (χ0v) is 12.6. The summed E-state index contributed by atoms with van der Waals surface area (Å²) in [4.78, 5) is 2.01. The van der Waals surface area contributed by atoms with Crippen LogP contribution in [0.2, 0.25) is 0 Å². The van der Waals surface area contributed by atoms with Gasteiger partial charge in [-0.15, -0.1) is 0 Å². The van der Waals surface area contributed by atoms with Gasteiger partial charge in [0.15, 0.2) is 0 Å². The van der Waals surface area contributed by atoms with Gasteiger partial charge >= 0.3 is 0 Å². The second-order valence-corrected chi connectivity index (χ2v) is 5.69. The maximum Gasteiger partial charge on any atom is 0.100 e. The standard InChI is InChI=1S/C15H18N4S/c1-3-6-17-9-12-4-5-15(13(7-12)8-16)20-14-10-18-19(2)11-14/h4-5,7,10-11,17H,3,6,9H2,1-2H3. The van der Waals surface area contributed by atoms with Crippen LogP contribution in [0.15, 0.2) is 40.4 Å². The van der Waals surface area contributed by atoms with E-state index in [2.05, 4.69) is 29.5 Å². The number of nitrogens with zero attached hydrogens (tertiary/aromatic N) is 3. The Kier molecular flexibility index (Phi) is 5.22. The SMILES string of the molecule is CCCNCc1ccc(Sc2cnn(C)c2)c(C#N)c1. The third-order valence-corrected chi connectivity index (χ3v) is 3.85. The van der Waals surface area contributed by atoms with Gasteiger partial charge in [-0.3, -0.25) is 4.68 Å². The molecule has 0 saturated carbocycles. The van der Waals surface area contributed by atoms with Crippen molar-refractivity contribution >= 4 is 11.8 Å². The van der Waals surface area contributed by atoms with Crippen molar-refractivity contribution in [3.63, 3.8) is 0 Å². The Morgan fingerprint density at radius 1 is 1.45 bits per heavy atom. The maximum atomic E-state index is 9.29. The van der Waals surface area contributed by atoms with E-state index < -0.39 is 0 Å². The van der Waals surface area contributed by atoms with Crippen molar-refractivity contribution in [1.29, 1.82) is 5.26 Å². The van der Waals surface area contributed by atoms with Gasteiger partial charge in [-0.05, 0) is 30.7 Å². The molecule has 0 bridgehead atoms. The van der Waals surface area contributed by atoms with Crippen LogP contribution in [0.4, 0.5) is 0 Å². The smallest absolute Gasteiger partial charge is 0.100 e. The first-order chi connectivity index (χ1) is 9.72. The van der Waals surface area contributed by atoms with Crippen molar-refractivity contribution in [3.8, 4) is 6.07 Å². The van der Waals surface area contributed by atoms with E-state index in [-0.39, 0.29) is 0 Å². The lowest BCUT2D eigenvalue weighted by Crippen LogP contribution is -2.13. The average Bonchev–Trinajstić information content (AvgIpc) is 2.86. The predicted molar refractivity (Wildman–Crippen MR) is 80.5 cm³/mol. The molecule has 0 aliphatic heterocycles. The van der Waals surface area contributed by atoms with Gasteiger partial charge in [-0.2, -0.15) is 10.4 Å². The van der Waals surface area contributed by atoms with Gasteiger partial charge in [0.05, 0.1) is 16.7 Å². The van der Waals surface area contributed by atoms with Crippen molar-refractivity contribution in [3.05, 3.63) is 41.7 Å². The van der Waals surface area contributed by atoms with Gasteiger partial charge in [-0.1, -0.05) is 24.8 Å². The molecular weight excluding hydrogens is 268 g/mol. The molecule has 0 aliphatic carbocycles. The first kappa shape index (κ1) is 14.6. The van der Waals surface area contributed by atoms with Crippen molar-refractivity contribution in [2.24, 2.45) is 7.05 Å². The van der Waals surface area contributed by atoms with Crippen LogP contribution in [0, 0.1) is 11.3 Å². The number of hydrogen-bond acceptors (Lipinski definition) is 4. The summed E-state index contributed by atoms with van der Waals surface area (Å²) in [6.07, 6.45) is 4.87. The first-order valence-electron chi connectivity index (χ1n) is 6.63. The molecule has 0 saturated heterocycles. The van der Waals surface area contributed by atoms with Gasteiger partial charge in [0, 0.05) is 24.7 Å². The van der Waals surface area contributed by atoms with Crippen LogP contribution < -0.4 is 5.32 Å². The minimum Gasteiger partial charge on any atom is -0.313 e. The quantitative estimate of drug-likeness (QED) is 0.830. The van der Waals surface area contributed by atoms with Crippen LogP contribution in [0.5, 0.6) is 0 Å². The van der Waals surface area contributed by atoms with Gasteiger partial charge < -0.3 is 5.32 Å². The zero-order valence-electron chi connectivity index (χ0n) is 11.8. The number of aromatic nitrogens is 2. The van der Waals surface area contributed by atoms with Crippen LogP contribution in [-0.4, -0.2) is 16.3 Å². The van der Waals surface area contributed by atoms with Crippen LogP contribution in [-0.2, 0) is 13.6 Å². The van der Waals surface area contributed by atoms with Crippen LogP contribution in [0.3, 0.4) is 0 Å². The minimum atomic E-state index is 0.717. The lowest BCUT2D eigenvalue weighted by molar-refractivity contribution is 0.675. The molecule has 0 aliphatic rings. The fourth-order valence-corrected chi connectivity index (χ4v) is 2.76. The summed E-state index contributed by atoms with van der Waals surface area (Å²) >= 11 is 1.57. The number of aryl methyl sites for hydroxylation is 1. The molecule has 1 aromatic carbocycles. The van der Waals surface area contributed by atoms with Crippen molar-refractivity contribution < 1.29 is 0 Å². The summed E-state index contributed by atoms with van der Waals surface area (Å²) < 4.78 is 1.76. The molecule has 20 heavy (non-hydrogen) atoms. The Bertz CT molecular complexity index is 613. The van der Waals surface area contributed by atoms with E-state index in [1.54, 1.807) is 16.4 Å². The third kappa shape index (κ3) is 3.86. The van der Waals surface area contributed by atoms with Crippen molar-refractivity contribution in [1.82, 2.24) is 15.1 Å². The minimum absolute atomic E-state index is 0.717. The Balaban J connectivity index is 2.11. The van der Waals surface area contributed by atoms with Gasteiger partial charge in [0.1, 0.15) is 6.07 Å². The largest absolute Gasteiger partial charge is 0.313 e. The molecule has 4 nitrogen and oxygen atoms in total. The Morgan fingerprint density at radius 2 is 2.30 bits per heavy atom. The highest BCUT2D eigenvalue weighted by atomic mass is 32.2. The summed E-state index contributed by atoms with van der Waals surface area (Å²) in [5.41, 5.74) is 1.86. The second kappa shape index (κ2) is 7.13. The highest BCUT2D eigenvalue weighted by Gasteiger charge is 2.07. The zero-order chi connectivity index (χ0) is 14.4. The predicted octanol–water partition coefficient (Wildman–Crippen LogP) is 2.94. The molecule has 0 atom stereocenters. The van der Waals surface area contributed by atoms with Gasteiger partial charge in [0.25, 0.3) is 0 Å². The summed E-state index contributed by atoms with van der Waals surface area (Å²) in [5, 5.41) is 16.8. The fraction of sp³-hybridized carbons (Fsp3) is 0.333. The fourth-order valence-electron chi connectivity index (χ4n) is 1.85. The summed E-state index contributed by atoms with van der Waals surface area (Å²) in [6, 6.07) is 8.32. The summed E-state index contributed by atoms with van der Waals surface area (Å²) in [7, 11) is 1.89. The van der Waals surface area contributed by atoms with Crippen molar-refractivity contribution in [2.45, 2.75) is 29.7 Å². The Hall–Kier alpha value is -1.77. The molecule has 2 aromatic rings. The Labute approximate surface area is 123 Å². The number of hydrogen-bond donors (Lipinski definition) is 1. The van der Waals surface area contributed by atoms with Crippen LogP contribution in [0.25, 0.3) is 0 Å². The topological polar surface area (TPSA) is 53.6 Å². The molecule has 0 radical (unpaired) electrons. The number of nitriles is 1. The highest BCUT2D eigenvalue weighted by Crippen LogP contribution is 2.30. The van der Waals surface area contributed by atoms with E-state index in [0.29, 0.717) is 0 Å². The average molecular weight is 286 g/mol. The molecule has 0 fully saturated rings. The molecule has 1 aromatic heterocycles. The first-order valence-corrected chi connectivity index (χ1v) is 7.45. The number of rotatable bonds is 6. The van der Waals surface area contributed by atoms with E-state index in [1.807, 2.05) is 31.6 Å². The number of nitrogens with one attached hydrogen (secondary N) is 1. The molecule has 0 amide bonds. The molecule has 2 rings (SSSR count). The van der Waals surface area contributed by atoms with E-state index in [9.17, 15) is 5.26 Å². The lowest BCUT2D eigenvalue weighted by Gasteiger charge is -2.07. The van der Waals surface area contributed by atoms with E-state index in [0.717, 1.165) is 40.4 Å². The van der Waals surface area contributed by atoms with Crippen molar-refractivity contribution in [2.75, 3.05) is 6.54 Å². The van der Waals surface area contributed by atoms with Gasteiger partial charge in [0.2, 0.25) is 0 Å². The molecule has 5 heteroatoms. The Morgan fingerprint density at radius 3 is 2.95 bits per heavy atom. The second-order valence-electron chi connectivity index (χ2n) is 4.57. The summed E-state index contributed by atoms with van der Waals surface area (Å²) in [6.45, 7) is 3.94. The molecule has 0 unspecified atom stereocenters. The molecule has 0 spiro atoms. The monoisotopic (exact) mass is 286 g/mol. The normalized spacial score (nSPS) is 10.4. The number of benzene rings is 1. The molecular formula is C15H18N4S. The van der Waals surface area contributed by atoms with Gasteiger partial charge in [-0.25, -0.2) is 0 Å². The van der Waals surface area contributed by atoms with E-state index >= 15 is 0 Å². The molecule has 1 N–H and O–H groups in total. The lowest BCUT2D eigenvalue weighted by atomic mass is 10.1. The van der Waals surface area contributed by atoms with E-state index in [1.165, 1.54) is 0 Å².